The van der Waals surface area contributed by atoms with Gasteiger partial charge in [-0.3, -0.25) is 0 Å². The van der Waals surface area contributed by atoms with Gasteiger partial charge in [-0.1, -0.05) is 24.3 Å². The molecule has 2 heteroatoms. The predicted molar refractivity (Wildman–Crippen MR) is 73.8 cm³/mol. The van der Waals surface area contributed by atoms with Gasteiger partial charge >= 0.3 is 0 Å². The van der Waals surface area contributed by atoms with E-state index in [-0.39, 0.29) is 5.54 Å². The van der Waals surface area contributed by atoms with Crippen LogP contribution < -0.4 is 5.32 Å². The summed E-state index contributed by atoms with van der Waals surface area (Å²) in [6.07, 6.45) is 4.89. The fourth-order valence-electron chi connectivity index (χ4n) is 3.31. The molecule has 3 rings (SSSR count). The molecule has 18 heavy (non-hydrogen) atoms. The molecule has 1 atom stereocenters. The molecule has 2 nitrogen and oxygen atoms in total. The summed E-state index contributed by atoms with van der Waals surface area (Å²) in [5, 5.41) is 3.65. The molecule has 2 fully saturated rings. The lowest BCUT2D eigenvalue weighted by atomic mass is 9.85. The Hall–Kier alpha value is -0.860. The van der Waals surface area contributed by atoms with E-state index in [0.717, 1.165) is 19.8 Å². The standard InChI is InChI=1S/C16H23NO/c1-16(8-3-9-17-16)15-5-2-4-14(12-15)13-6-10-18-11-7-13/h2,4-5,12-13,17H,3,6-11H2,1H3. The van der Waals surface area contributed by atoms with Crippen LogP contribution in [-0.2, 0) is 10.3 Å². The maximum Gasteiger partial charge on any atom is 0.0471 e. The molecule has 0 saturated carbocycles. The van der Waals surface area contributed by atoms with Crippen LogP contribution in [0.1, 0.15) is 49.7 Å². The summed E-state index contributed by atoms with van der Waals surface area (Å²) >= 11 is 0. The lowest BCUT2D eigenvalue weighted by Crippen LogP contribution is -2.33. The lowest BCUT2D eigenvalue weighted by Gasteiger charge is -2.28. The van der Waals surface area contributed by atoms with E-state index < -0.39 is 0 Å². The Kier molecular flexibility index (Phi) is 3.40. The van der Waals surface area contributed by atoms with Gasteiger partial charge in [0.25, 0.3) is 0 Å². The third kappa shape index (κ3) is 2.32. The Labute approximate surface area is 110 Å². The lowest BCUT2D eigenvalue weighted by molar-refractivity contribution is 0.0853. The minimum absolute atomic E-state index is 0.196. The van der Waals surface area contributed by atoms with Gasteiger partial charge in [0.05, 0.1) is 0 Å². The van der Waals surface area contributed by atoms with Crippen LogP contribution in [0.15, 0.2) is 24.3 Å². The van der Waals surface area contributed by atoms with Crippen molar-refractivity contribution >= 4 is 0 Å². The molecule has 2 heterocycles. The minimum Gasteiger partial charge on any atom is -0.381 e. The summed E-state index contributed by atoms with van der Waals surface area (Å²) in [6, 6.07) is 9.22. The van der Waals surface area contributed by atoms with Gasteiger partial charge < -0.3 is 10.1 Å². The topological polar surface area (TPSA) is 21.3 Å². The van der Waals surface area contributed by atoms with Gasteiger partial charge in [0.1, 0.15) is 0 Å². The second-order valence-corrected chi connectivity index (χ2v) is 5.87. The smallest absolute Gasteiger partial charge is 0.0471 e. The summed E-state index contributed by atoms with van der Waals surface area (Å²) in [6.45, 7) is 5.33. The number of hydrogen-bond acceptors (Lipinski definition) is 2. The van der Waals surface area contributed by atoms with Crippen molar-refractivity contribution in [1.82, 2.24) is 5.32 Å². The van der Waals surface area contributed by atoms with Gasteiger partial charge in [0.15, 0.2) is 0 Å². The summed E-state index contributed by atoms with van der Waals surface area (Å²) in [5.74, 6) is 0.698. The van der Waals surface area contributed by atoms with Gasteiger partial charge in [0.2, 0.25) is 0 Å². The maximum absolute atomic E-state index is 5.46. The van der Waals surface area contributed by atoms with Crippen molar-refractivity contribution in [1.29, 1.82) is 0 Å². The summed E-state index contributed by atoms with van der Waals surface area (Å²) in [5.41, 5.74) is 3.16. The van der Waals surface area contributed by atoms with Gasteiger partial charge in [-0.25, -0.2) is 0 Å². The minimum atomic E-state index is 0.196. The molecule has 0 aliphatic carbocycles. The maximum atomic E-state index is 5.46. The molecule has 0 amide bonds. The van der Waals surface area contributed by atoms with Crippen LogP contribution in [0.2, 0.25) is 0 Å². The number of benzene rings is 1. The molecule has 0 radical (unpaired) electrons. The molecule has 1 unspecified atom stereocenters. The first kappa shape index (κ1) is 12.2. The Morgan fingerprint density at radius 3 is 2.83 bits per heavy atom. The number of nitrogens with one attached hydrogen (secondary N) is 1. The van der Waals surface area contributed by atoms with E-state index in [4.69, 9.17) is 4.74 Å². The van der Waals surface area contributed by atoms with E-state index in [2.05, 4.69) is 36.5 Å². The van der Waals surface area contributed by atoms with Crippen molar-refractivity contribution in [2.45, 2.75) is 44.1 Å². The number of rotatable bonds is 2. The van der Waals surface area contributed by atoms with Crippen molar-refractivity contribution in [2.24, 2.45) is 0 Å². The molecule has 1 N–H and O–H groups in total. The molecule has 2 aliphatic heterocycles. The second kappa shape index (κ2) is 5.02. The quantitative estimate of drug-likeness (QED) is 0.864. The highest BCUT2D eigenvalue weighted by Gasteiger charge is 2.30. The second-order valence-electron chi connectivity index (χ2n) is 5.87. The van der Waals surface area contributed by atoms with E-state index in [0.29, 0.717) is 5.92 Å². The van der Waals surface area contributed by atoms with Crippen molar-refractivity contribution in [3.05, 3.63) is 35.4 Å². The molecule has 0 bridgehead atoms. The Morgan fingerprint density at radius 1 is 1.28 bits per heavy atom. The molecular weight excluding hydrogens is 222 g/mol. The molecule has 1 aromatic rings. The summed E-state index contributed by atoms with van der Waals surface area (Å²) in [7, 11) is 0. The van der Waals surface area contributed by atoms with E-state index in [1.807, 2.05) is 0 Å². The zero-order valence-corrected chi connectivity index (χ0v) is 11.2. The van der Waals surface area contributed by atoms with Crippen LogP contribution in [0.5, 0.6) is 0 Å². The summed E-state index contributed by atoms with van der Waals surface area (Å²) in [4.78, 5) is 0. The highest BCUT2D eigenvalue weighted by Crippen LogP contribution is 2.33. The zero-order valence-electron chi connectivity index (χ0n) is 11.2. The highest BCUT2D eigenvalue weighted by molar-refractivity contribution is 5.32. The van der Waals surface area contributed by atoms with Crippen molar-refractivity contribution < 1.29 is 4.74 Å². The SMILES string of the molecule is CC1(c2cccc(C3CCOCC3)c2)CCCN1. The molecule has 0 spiro atoms. The third-order valence-electron chi connectivity index (χ3n) is 4.59. The Bertz CT molecular complexity index is 403. The average Bonchev–Trinajstić information content (AvgIpc) is 2.88. The molecule has 1 aromatic carbocycles. The van der Waals surface area contributed by atoms with Crippen molar-refractivity contribution in [3.63, 3.8) is 0 Å². The predicted octanol–water partition coefficient (Wildman–Crippen LogP) is 3.18. The van der Waals surface area contributed by atoms with Gasteiger partial charge in [-0.15, -0.1) is 0 Å². The summed E-state index contributed by atoms with van der Waals surface area (Å²) < 4.78 is 5.46. The van der Waals surface area contributed by atoms with E-state index in [1.54, 1.807) is 0 Å². The molecule has 2 saturated heterocycles. The van der Waals surface area contributed by atoms with Gasteiger partial charge in [0, 0.05) is 18.8 Å². The van der Waals surface area contributed by atoms with Crippen LogP contribution in [0.3, 0.4) is 0 Å². The normalized spacial score (nSPS) is 29.6. The number of hydrogen-bond donors (Lipinski definition) is 1. The van der Waals surface area contributed by atoms with Crippen LogP contribution >= 0.6 is 0 Å². The zero-order chi connectivity index (χ0) is 12.4. The van der Waals surface area contributed by atoms with E-state index in [1.165, 1.54) is 36.8 Å². The average molecular weight is 245 g/mol. The molecule has 0 aromatic heterocycles. The van der Waals surface area contributed by atoms with E-state index in [9.17, 15) is 0 Å². The highest BCUT2D eigenvalue weighted by atomic mass is 16.5. The van der Waals surface area contributed by atoms with Crippen LogP contribution in [0.25, 0.3) is 0 Å². The number of ether oxygens (including phenoxy) is 1. The first-order chi connectivity index (χ1) is 8.78. The largest absolute Gasteiger partial charge is 0.381 e. The first-order valence-corrected chi connectivity index (χ1v) is 7.21. The van der Waals surface area contributed by atoms with Crippen LogP contribution in [-0.4, -0.2) is 19.8 Å². The third-order valence-corrected chi connectivity index (χ3v) is 4.59. The van der Waals surface area contributed by atoms with E-state index >= 15 is 0 Å². The fourth-order valence-corrected chi connectivity index (χ4v) is 3.31. The van der Waals surface area contributed by atoms with Gasteiger partial charge in [-0.2, -0.15) is 0 Å². The monoisotopic (exact) mass is 245 g/mol. The molecule has 98 valence electrons. The Morgan fingerprint density at radius 2 is 2.11 bits per heavy atom. The van der Waals surface area contributed by atoms with Crippen molar-refractivity contribution in [2.75, 3.05) is 19.8 Å². The Balaban J connectivity index is 1.84. The molecular formula is C16H23NO. The first-order valence-electron chi connectivity index (χ1n) is 7.21. The fraction of sp³-hybridized carbons (Fsp3) is 0.625. The van der Waals surface area contributed by atoms with Crippen molar-refractivity contribution in [3.8, 4) is 0 Å². The van der Waals surface area contributed by atoms with Crippen LogP contribution in [0.4, 0.5) is 0 Å². The van der Waals surface area contributed by atoms with Gasteiger partial charge in [-0.05, 0) is 56.2 Å². The van der Waals surface area contributed by atoms with Crippen LogP contribution in [0, 0.1) is 0 Å². The molecule has 2 aliphatic rings.